The molecule has 2 rings (SSSR count). The predicted octanol–water partition coefficient (Wildman–Crippen LogP) is 1.16. The molecule has 0 saturated carbocycles. The quantitative estimate of drug-likeness (QED) is 0.380. The van der Waals surface area contributed by atoms with Crippen molar-refractivity contribution < 1.29 is 14.2 Å². The topological polar surface area (TPSA) is 64.1 Å². The van der Waals surface area contributed by atoms with Crippen molar-refractivity contribution in [1.82, 2.24) is 10.6 Å². The van der Waals surface area contributed by atoms with Crippen LogP contribution in [-0.4, -0.2) is 65.2 Å². The molecule has 6 heteroatoms. The molecule has 0 aromatic rings. The smallest absolute Gasteiger partial charge is 0.190 e. The number of hydrogen-bond acceptors (Lipinski definition) is 4. The van der Waals surface area contributed by atoms with Gasteiger partial charge in [-0.1, -0.05) is 0 Å². The number of aliphatic imine (C=N–C) groups is 1. The molecule has 0 aromatic carbocycles. The second kappa shape index (κ2) is 10.8. The fourth-order valence-electron chi connectivity index (χ4n) is 2.79. The number of ether oxygens (including phenoxy) is 3. The van der Waals surface area contributed by atoms with Crippen LogP contribution in [0.15, 0.2) is 4.99 Å². The van der Waals surface area contributed by atoms with Crippen LogP contribution in [0.2, 0.25) is 0 Å². The molecule has 0 bridgehead atoms. The minimum absolute atomic E-state index is 0.429. The Morgan fingerprint density at radius 1 is 1.23 bits per heavy atom. The van der Waals surface area contributed by atoms with Crippen LogP contribution in [0.1, 0.15) is 32.1 Å². The van der Waals surface area contributed by atoms with E-state index in [-0.39, 0.29) is 0 Å². The van der Waals surface area contributed by atoms with E-state index in [1.807, 2.05) is 0 Å². The van der Waals surface area contributed by atoms with Crippen molar-refractivity contribution in [3.8, 4) is 0 Å². The van der Waals surface area contributed by atoms with Gasteiger partial charge in [0.25, 0.3) is 0 Å². The number of nitrogens with zero attached hydrogens (tertiary/aromatic N) is 1. The summed E-state index contributed by atoms with van der Waals surface area (Å²) < 4.78 is 16.6. The Morgan fingerprint density at radius 3 is 2.86 bits per heavy atom. The van der Waals surface area contributed by atoms with E-state index in [4.69, 9.17) is 14.2 Å². The van der Waals surface area contributed by atoms with E-state index in [2.05, 4.69) is 15.6 Å². The second-order valence-electron chi connectivity index (χ2n) is 6.01. The van der Waals surface area contributed by atoms with Gasteiger partial charge in [0.05, 0.1) is 19.3 Å². The first-order valence-electron chi connectivity index (χ1n) is 8.60. The molecule has 0 amide bonds. The zero-order valence-corrected chi connectivity index (χ0v) is 13.8. The van der Waals surface area contributed by atoms with E-state index in [1.54, 1.807) is 7.05 Å². The Bertz CT molecular complexity index is 314. The van der Waals surface area contributed by atoms with Crippen molar-refractivity contribution in [3.05, 3.63) is 0 Å². The van der Waals surface area contributed by atoms with Gasteiger partial charge in [-0.25, -0.2) is 0 Å². The minimum Gasteiger partial charge on any atom is -0.381 e. The molecule has 2 aliphatic heterocycles. The van der Waals surface area contributed by atoms with Crippen molar-refractivity contribution in [1.29, 1.82) is 0 Å². The van der Waals surface area contributed by atoms with E-state index >= 15 is 0 Å². The zero-order chi connectivity index (χ0) is 15.5. The molecular formula is C16H31N3O3. The molecule has 6 nitrogen and oxygen atoms in total. The average Bonchev–Trinajstić information content (AvgIpc) is 3.22. The Labute approximate surface area is 134 Å². The number of hydrogen-bond donors (Lipinski definition) is 2. The third-order valence-electron chi connectivity index (χ3n) is 4.14. The zero-order valence-electron chi connectivity index (χ0n) is 13.8. The summed E-state index contributed by atoms with van der Waals surface area (Å²) in [5.41, 5.74) is 0. The Morgan fingerprint density at radius 2 is 2.14 bits per heavy atom. The highest BCUT2D eigenvalue weighted by atomic mass is 16.5. The first-order valence-corrected chi connectivity index (χ1v) is 8.60. The van der Waals surface area contributed by atoms with Gasteiger partial charge in [0.1, 0.15) is 0 Å². The summed E-state index contributed by atoms with van der Waals surface area (Å²) in [6.07, 6.45) is 5.99. The first-order chi connectivity index (χ1) is 10.9. The van der Waals surface area contributed by atoms with Gasteiger partial charge in [-0.05, 0) is 32.1 Å². The molecule has 0 radical (unpaired) electrons. The molecule has 2 atom stereocenters. The highest BCUT2D eigenvalue weighted by Crippen LogP contribution is 2.14. The second-order valence-corrected chi connectivity index (χ2v) is 6.01. The molecule has 128 valence electrons. The lowest BCUT2D eigenvalue weighted by molar-refractivity contribution is 0.0888. The highest BCUT2D eigenvalue weighted by molar-refractivity contribution is 5.79. The normalized spacial score (nSPS) is 25.6. The van der Waals surface area contributed by atoms with E-state index < -0.39 is 0 Å². The summed E-state index contributed by atoms with van der Waals surface area (Å²) in [6, 6.07) is 0. The Hall–Kier alpha value is -0.850. The van der Waals surface area contributed by atoms with Crippen LogP contribution in [0.3, 0.4) is 0 Å². The molecule has 2 saturated heterocycles. The standard InChI is InChI=1S/C16H31N3O3/c1-17-16(19-8-5-15-4-2-10-22-15)18-7-3-9-20-12-14-6-11-21-13-14/h14-15H,2-13H2,1H3,(H2,17,18,19). The summed E-state index contributed by atoms with van der Waals surface area (Å²) >= 11 is 0. The van der Waals surface area contributed by atoms with Gasteiger partial charge in [0.2, 0.25) is 0 Å². The summed E-state index contributed by atoms with van der Waals surface area (Å²) in [4.78, 5) is 4.23. The molecule has 2 N–H and O–H groups in total. The maximum Gasteiger partial charge on any atom is 0.190 e. The molecular weight excluding hydrogens is 282 g/mol. The van der Waals surface area contributed by atoms with Gasteiger partial charge in [0.15, 0.2) is 5.96 Å². The highest BCUT2D eigenvalue weighted by Gasteiger charge is 2.15. The summed E-state index contributed by atoms with van der Waals surface area (Å²) in [7, 11) is 1.80. The summed E-state index contributed by atoms with van der Waals surface area (Å²) in [5, 5.41) is 6.65. The van der Waals surface area contributed by atoms with Gasteiger partial charge >= 0.3 is 0 Å². The fraction of sp³-hybridized carbons (Fsp3) is 0.938. The van der Waals surface area contributed by atoms with Crippen LogP contribution in [0.4, 0.5) is 0 Å². The third-order valence-corrected chi connectivity index (χ3v) is 4.14. The van der Waals surface area contributed by atoms with Crippen LogP contribution < -0.4 is 10.6 Å². The van der Waals surface area contributed by atoms with Crippen molar-refractivity contribution in [2.75, 3.05) is 53.2 Å². The van der Waals surface area contributed by atoms with Gasteiger partial charge in [-0.15, -0.1) is 0 Å². The van der Waals surface area contributed by atoms with Gasteiger partial charge in [0, 0.05) is 45.9 Å². The van der Waals surface area contributed by atoms with E-state index in [9.17, 15) is 0 Å². The number of guanidine groups is 1. The molecule has 2 unspecified atom stereocenters. The van der Waals surface area contributed by atoms with Gasteiger partial charge in [-0.3, -0.25) is 4.99 Å². The molecule has 2 fully saturated rings. The molecule has 0 spiro atoms. The van der Waals surface area contributed by atoms with Crippen LogP contribution in [0.25, 0.3) is 0 Å². The van der Waals surface area contributed by atoms with Crippen LogP contribution in [0, 0.1) is 5.92 Å². The van der Waals surface area contributed by atoms with Crippen molar-refractivity contribution in [2.24, 2.45) is 10.9 Å². The average molecular weight is 313 g/mol. The molecule has 22 heavy (non-hydrogen) atoms. The monoisotopic (exact) mass is 313 g/mol. The Kier molecular flexibility index (Phi) is 8.60. The lowest BCUT2D eigenvalue weighted by Crippen LogP contribution is -2.39. The van der Waals surface area contributed by atoms with Gasteiger partial charge in [-0.2, -0.15) is 0 Å². The maximum atomic E-state index is 5.68. The number of rotatable bonds is 9. The first kappa shape index (κ1) is 17.5. The van der Waals surface area contributed by atoms with E-state index in [0.717, 1.165) is 71.3 Å². The predicted molar refractivity (Wildman–Crippen MR) is 87.3 cm³/mol. The summed E-state index contributed by atoms with van der Waals surface area (Å²) in [6.45, 7) is 6.07. The van der Waals surface area contributed by atoms with Crippen LogP contribution in [-0.2, 0) is 14.2 Å². The fourth-order valence-corrected chi connectivity index (χ4v) is 2.79. The third kappa shape index (κ3) is 6.94. The lowest BCUT2D eigenvalue weighted by Gasteiger charge is -2.14. The van der Waals surface area contributed by atoms with E-state index in [1.165, 1.54) is 12.8 Å². The van der Waals surface area contributed by atoms with Crippen molar-refractivity contribution in [2.45, 2.75) is 38.2 Å². The van der Waals surface area contributed by atoms with Gasteiger partial charge < -0.3 is 24.8 Å². The largest absolute Gasteiger partial charge is 0.381 e. The van der Waals surface area contributed by atoms with Crippen LogP contribution in [0.5, 0.6) is 0 Å². The summed E-state index contributed by atoms with van der Waals surface area (Å²) in [5.74, 6) is 1.46. The SMILES string of the molecule is CN=C(NCCCOCC1CCOC1)NCCC1CCCO1. The van der Waals surface area contributed by atoms with Crippen molar-refractivity contribution >= 4 is 5.96 Å². The lowest BCUT2D eigenvalue weighted by atomic mass is 10.1. The van der Waals surface area contributed by atoms with Crippen molar-refractivity contribution in [3.63, 3.8) is 0 Å². The molecule has 2 aliphatic rings. The van der Waals surface area contributed by atoms with Crippen LogP contribution >= 0.6 is 0 Å². The number of nitrogens with one attached hydrogen (secondary N) is 2. The molecule has 0 aromatic heterocycles. The molecule has 2 heterocycles. The maximum absolute atomic E-state index is 5.68. The van der Waals surface area contributed by atoms with E-state index in [0.29, 0.717) is 12.0 Å². The molecule has 0 aliphatic carbocycles. The minimum atomic E-state index is 0.429. The Balaban J connectivity index is 1.42.